The van der Waals surface area contributed by atoms with Gasteiger partial charge in [0.15, 0.2) is 0 Å². The van der Waals surface area contributed by atoms with Gasteiger partial charge < -0.3 is 5.11 Å². The van der Waals surface area contributed by atoms with Crippen LogP contribution >= 0.6 is 0 Å². The molecule has 92 valence electrons. The predicted molar refractivity (Wildman–Crippen MR) is 68.2 cm³/mol. The highest BCUT2D eigenvalue weighted by Gasteiger charge is 2.53. The Bertz CT molecular complexity index is 290. The highest BCUT2D eigenvalue weighted by atomic mass is 16.3. The SMILES string of the molecule is CC(C)=C[C@@H]1[C@H](C)CC[C@H]2[C@H](C)CC[C@]12O. The van der Waals surface area contributed by atoms with Crippen LogP contribution in [-0.2, 0) is 0 Å². The van der Waals surface area contributed by atoms with Crippen LogP contribution < -0.4 is 0 Å². The lowest BCUT2D eigenvalue weighted by Crippen LogP contribution is -2.48. The monoisotopic (exact) mass is 222 g/mol. The molecule has 0 aromatic heterocycles. The van der Waals surface area contributed by atoms with E-state index in [0.717, 1.165) is 6.42 Å². The molecule has 2 aliphatic rings. The van der Waals surface area contributed by atoms with Gasteiger partial charge in [-0.2, -0.15) is 0 Å². The number of allylic oxidation sites excluding steroid dienone is 1. The minimum atomic E-state index is -0.394. The van der Waals surface area contributed by atoms with E-state index in [2.05, 4.69) is 33.8 Å². The third-order valence-electron chi connectivity index (χ3n) is 4.97. The van der Waals surface area contributed by atoms with Crippen LogP contribution in [0.3, 0.4) is 0 Å². The zero-order valence-electron chi connectivity index (χ0n) is 11.2. The summed E-state index contributed by atoms with van der Waals surface area (Å²) < 4.78 is 0. The molecule has 0 bridgehead atoms. The van der Waals surface area contributed by atoms with Crippen molar-refractivity contribution in [1.82, 2.24) is 0 Å². The van der Waals surface area contributed by atoms with E-state index in [1.54, 1.807) is 0 Å². The second-order valence-corrected chi connectivity index (χ2v) is 6.44. The molecule has 1 heteroatoms. The van der Waals surface area contributed by atoms with Crippen LogP contribution in [0.2, 0.25) is 0 Å². The fraction of sp³-hybridized carbons (Fsp3) is 0.867. The van der Waals surface area contributed by atoms with Crippen molar-refractivity contribution >= 4 is 0 Å². The normalized spacial score (nSPS) is 47.6. The third kappa shape index (κ3) is 1.84. The zero-order valence-corrected chi connectivity index (χ0v) is 11.2. The van der Waals surface area contributed by atoms with Crippen LogP contribution in [0.5, 0.6) is 0 Å². The van der Waals surface area contributed by atoms with Crippen molar-refractivity contribution in [3.63, 3.8) is 0 Å². The van der Waals surface area contributed by atoms with Gasteiger partial charge in [-0.3, -0.25) is 0 Å². The summed E-state index contributed by atoms with van der Waals surface area (Å²) in [7, 11) is 0. The van der Waals surface area contributed by atoms with E-state index in [1.165, 1.54) is 24.8 Å². The molecule has 0 radical (unpaired) electrons. The summed E-state index contributed by atoms with van der Waals surface area (Å²) in [5.74, 6) is 2.29. The first-order chi connectivity index (χ1) is 7.45. The van der Waals surface area contributed by atoms with Gasteiger partial charge in [0.05, 0.1) is 5.60 Å². The molecule has 0 heterocycles. The number of hydrogen-bond donors (Lipinski definition) is 1. The zero-order chi connectivity index (χ0) is 11.9. The van der Waals surface area contributed by atoms with E-state index in [1.807, 2.05) is 0 Å². The molecule has 1 nitrogen and oxygen atoms in total. The molecule has 0 aliphatic heterocycles. The first-order valence-electron chi connectivity index (χ1n) is 6.82. The Hall–Kier alpha value is -0.300. The Morgan fingerprint density at radius 3 is 2.44 bits per heavy atom. The summed E-state index contributed by atoms with van der Waals surface area (Å²) in [5.41, 5.74) is 0.958. The topological polar surface area (TPSA) is 20.2 Å². The van der Waals surface area contributed by atoms with E-state index in [-0.39, 0.29) is 0 Å². The standard InChI is InChI=1S/C15H26O/c1-10(2)9-14-11(3)5-6-13-12(4)7-8-15(13,14)16/h9,11-14,16H,5-8H2,1-4H3/t11-,12-,13+,14-,15-/m1/s1. The second-order valence-electron chi connectivity index (χ2n) is 6.44. The van der Waals surface area contributed by atoms with E-state index in [9.17, 15) is 5.11 Å². The van der Waals surface area contributed by atoms with Crippen LogP contribution in [0.25, 0.3) is 0 Å². The molecule has 0 unspecified atom stereocenters. The van der Waals surface area contributed by atoms with Crippen LogP contribution in [0.15, 0.2) is 11.6 Å². The fourth-order valence-electron chi connectivity index (χ4n) is 4.07. The van der Waals surface area contributed by atoms with Crippen molar-refractivity contribution in [3.05, 3.63) is 11.6 Å². The average molecular weight is 222 g/mol. The van der Waals surface area contributed by atoms with Gasteiger partial charge in [0, 0.05) is 5.92 Å². The summed E-state index contributed by atoms with van der Waals surface area (Å²) in [6.07, 6.45) is 7.06. The van der Waals surface area contributed by atoms with E-state index < -0.39 is 5.60 Å². The maximum atomic E-state index is 11.0. The number of rotatable bonds is 1. The molecule has 0 aromatic carbocycles. The molecule has 1 N–H and O–H groups in total. The lowest BCUT2D eigenvalue weighted by Gasteiger charge is -2.45. The highest BCUT2D eigenvalue weighted by molar-refractivity contribution is 5.13. The first-order valence-corrected chi connectivity index (χ1v) is 6.82. The maximum Gasteiger partial charge on any atom is 0.0743 e. The summed E-state index contributed by atoms with van der Waals surface area (Å²) >= 11 is 0. The fourth-order valence-corrected chi connectivity index (χ4v) is 4.07. The van der Waals surface area contributed by atoms with E-state index >= 15 is 0 Å². The number of aliphatic hydroxyl groups is 1. The van der Waals surface area contributed by atoms with Gasteiger partial charge in [0.2, 0.25) is 0 Å². The van der Waals surface area contributed by atoms with Crippen LogP contribution in [0, 0.1) is 23.7 Å². The van der Waals surface area contributed by atoms with Crippen molar-refractivity contribution < 1.29 is 5.11 Å². The molecule has 2 fully saturated rings. The third-order valence-corrected chi connectivity index (χ3v) is 4.97. The number of hydrogen-bond acceptors (Lipinski definition) is 1. The van der Waals surface area contributed by atoms with Gasteiger partial charge in [-0.1, -0.05) is 25.5 Å². The number of fused-ring (bicyclic) bond motifs is 1. The minimum absolute atomic E-state index is 0.390. The van der Waals surface area contributed by atoms with E-state index in [0.29, 0.717) is 23.7 Å². The Balaban J connectivity index is 2.30. The smallest absolute Gasteiger partial charge is 0.0743 e. The molecule has 0 saturated heterocycles. The van der Waals surface area contributed by atoms with E-state index in [4.69, 9.17) is 0 Å². The van der Waals surface area contributed by atoms with Crippen molar-refractivity contribution in [3.8, 4) is 0 Å². The van der Waals surface area contributed by atoms with Crippen molar-refractivity contribution in [2.24, 2.45) is 23.7 Å². The molecule has 0 spiro atoms. The molecule has 2 aliphatic carbocycles. The molecule has 2 rings (SSSR count). The maximum absolute atomic E-state index is 11.0. The van der Waals surface area contributed by atoms with Gasteiger partial charge >= 0.3 is 0 Å². The van der Waals surface area contributed by atoms with Crippen molar-refractivity contribution in [2.45, 2.75) is 59.0 Å². The lowest BCUT2D eigenvalue weighted by molar-refractivity contribution is -0.0859. The Kier molecular flexibility index (Phi) is 3.18. The molecule has 5 atom stereocenters. The largest absolute Gasteiger partial charge is 0.389 e. The summed E-state index contributed by atoms with van der Waals surface area (Å²) in [6.45, 7) is 8.93. The van der Waals surface area contributed by atoms with Crippen LogP contribution in [0.1, 0.15) is 53.4 Å². The van der Waals surface area contributed by atoms with Crippen LogP contribution in [0.4, 0.5) is 0 Å². The molecule has 0 aromatic rings. The lowest BCUT2D eigenvalue weighted by atomic mass is 9.63. The second kappa shape index (κ2) is 4.18. The molecule has 0 amide bonds. The molecular formula is C15H26O. The summed E-state index contributed by atoms with van der Waals surface area (Å²) in [5, 5.41) is 11.0. The first kappa shape index (κ1) is 12.2. The average Bonchev–Trinajstić information content (AvgIpc) is 2.49. The van der Waals surface area contributed by atoms with Gasteiger partial charge in [-0.25, -0.2) is 0 Å². The van der Waals surface area contributed by atoms with Crippen molar-refractivity contribution in [1.29, 1.82) is 0 Å². The van der Waals surface area contributed by atoms with Gasteiger partial charge in [0.1, 0.15) is 0 Å². The highest BCUT2D eigenvalue weighted by Crippen LogP contribution is 2.53. The molecule has 2 saturated carbocycles. The van der Waals surface area contributed by atoms with Crippen LogP contribution in [-0.4, -0.2) is 10.7 Å². The van der Waals surface area contributed by atoms with Crippen molar-refractivity contribution in [2.75, 3.05) is 0 Å². The minimum Gasteiger partial charge on any atom is -0.389 e. The quantitative estimate of drug-likeness (QED) is 0.669. The summed E-state index contributed by atoms with van der Waals surface area (Å²) in [4.78, 5) is 0. The predicted octanol–water partition coefficient (Wildman–Crippen LogP) is 3.78. The van der Waals surface area contributed by atoms with Gasteiger partial charge in [-0.05, 0) is 57.3 Å². The molecule has 16 heavy (non-hydrogen) atoms. The summed E-state index contributed by atoms with van der Waals surface area (Å²) in [6, 6.07) is 0. The van der Waals surface area contributed by atoms with Gasteiger partial charge in [-0.15, -0.1) is 0 Å². The Morgan fingerprint density at radius 1 is 1.12 bits per heavy atom. The Labute approximate surface area is 99.9 Å². The molecular weight excluding hydrogens is 196 g/mol. The van der Waals surface area contributed by atoms with Gasteiger partial charge in [0.25, 0.3) is 0 Å². The Morgan fingerprint density at radius 2 is 1.81 bits per heavy atom.